The number of nitro benzene ring substituents is 1. The topological polar surface area (TPSA) is 118 Å². The lowest BCUT2D eigenvalue weighted by Crippen LogP contribution is -2.14. The maximum Gasteiger partial charge on any atom is 0.275 e. The second-order valence-corrected chi connectivity index (χ2v) is 4.02. The molecule has 8 nitrogen and oxygen atoms in total. The standard InChI is InChI=1S/C11H7ClN4O4/c12-10-5-13-8(4-14-10)11(18)15-7-3-6(16(19)20)1-2-9(7)17/h1-5,17H,(H,15,18). The summed E-state index contributed by atoms with van der Waals surface area (Å²) in [6, 6.07) is 3.27. The Morgan fingerprint density at radius 3 is 2.70 bits per heavy atom. The zero-order valence-electron chi connectivity index (χ0n) is 9.78. The van der Waals surface area contributed by atoms with Crippen molar-refractivity contribution in [2.75, 3.05) is 5.32 Å². The van der Waals surface area contributed by atoms with Gasteiger partial charge in [0.1, 0.15) is 16.6 Å². The normalized spacial score (nSPS) is 10.1. The van der Waals surface area contributed by atoms with Crippen molar-refractivity contribution >= 4 is 28.9 Å². The number of nitrogens with one attached hydrogen (secondary N) is 1. The number of carbonyl (C=O) groups is 1. The summed E-state index contributed by atoms with van der Waals surface area (Å²) in [5, 5.41) is 22.6. The lowest BCUT2D eigenvalue weighted by atomic mass is 10.2. The van der Waals surface area contributed by atoms with Crippen LogP contribution in [0.25, 0.3) is 0 Å². The molecular weight excluding hydrogens is 288 g/mol. The van der Waals surface area contributed by atoms with Crippen LogP contribution in [0.4, 0.5) is 11.4 Å². The highest BCUT2D eigenvalue weighted by atomic mass is 35.5. The summed E-state index contributed by atoms with van der Waals surface area (Å²) in [5.41, 5.74) is -0.401. The summed E-state index contributed by atoms with van der Waals surface area (Å²) < 4.78 is 0. The van der Waals surface area contributed by atoms with Gasteiger partial charge in [0.2, 0.25) is 0 Å². The molecule has 0 aliphatic rings. The van der Waals surface area contributed by atoms with E-state index in [4.69, 9.17) is 11.6 Å². The van der Waals surface area contributed by atoms with Gasteiger partial charge in [-0.25, -0.2) is 9.97 Å². The van der Waals surface area contributed by atoms with Gasteiger partial charge in [-0.3, -0.25) is 14.9 Å². The molecule has 0 aliphatic heterocycles. The van der Waals surface area contributed by atoms with Crippen LogP contribution >= 0.6 is 11.6 Å². The van der Waals surface area contributed by atoms with Crippen LogP contribution in [0.15, 0.2) is 30.6 Å². The minimum absolute atomic E-state index is 0.0414. The number of non-ortho nitro benzene ring substituents is 1. The Hall–Kier alpha value is -2.74. The van der Waals surface area contributed by atoms with Crippen molar-refractivity contribution in [1.82, 2.24) is 9.97 Å². The van der Waals surface area contributed by atoms with E-state index in [1.807, 2.05) is 0 Å². The molecular formula is C11H7ClN4O4. The van der Waals surface area contributed by atoms with Crippen LogP contribution in [0, 0.1) is 10.1 Å². The summed E-state index contributed by atoms with van der Waals surface area (Å²) in [6.07, 6.45) is 2.33. The Labute approximate surface area is 117 Å². The maximum absolute atomic E-state index is 11.8. The zero-order chi connectivity index (χ0) is 14.7. The number of benzene rings is 1. The first-order chi connectivity index (χ1) is 9.47. The minimum atomic E-state index is -0.676. The SMILES string of the molecule is O=C(Nc1cc([N+](=O)[O-])ccc1O)c1cnc(Cl)cn1. The number of nitro groups is 1. The first-order valence-corrected chi connectivity index (χ1v) is 5.61. The van der Waals surface area contributed by atoms with E-state index < -0.39 is 10.8 Å². The quantitative estimate of drug-likeness (QED) is 0.507. The van der Waals surface area contributed by atoms with Crippen molar-refractivity contribution in [2.45, 2.75) is 0 Å². The highest BCUT2D eigenvalue weighted by Gasteiger charge is 2.14. The van der Waals surface area contributed by atoms with E-state index in [1.165, 1.54) is 6.20 Å². The van der Waals surface area contributed by atoms with E-state index in [-0.39, 0.29) is 28.0 Å². The van der Waals surface area contributed by atoms with Gasteiger partial charge in [0.15, 0.2) is 0 Å². The van der Waals surface area contributed by atoms with Gasteiger partial charge < -0.3 is 10.4 Å². The molecule has 2 N–H and O–H groups in total. The Bertz CT molecular complexity index is 675. The Balaban J connectivity index is 2.25. The summed E-state index contributed by atoms with van der Waals surface area (Å²) in [6.45, 7) is 0. The number of aromatic hydroxyl groups is 1. The average molecular weight is 295 g/mol. The van der Waals surface area contributed by atoms with Crippen molar-refractivity contribution < 1.29 is 14.8 Å². The number of rotatable bonds is 3. The predicted octanol–water partition coefficient (Wildman–Crippen LogP) is 2.00. The van der Waals surface area contributed by atoms with Crippen LogP contribution in [-0.4, -0.2) is 25.9 Å². The van der Waals surface area contributed by atoms with E-state index in [0.717, 1.165) is 24.4 Å². The fourth-order valence-corrected chi connectivity index (χ4v) is 1.45. The number of nitrogens with zero attached hydrogens (tertiary/aromatic N) is 3. The average Bonchev–Trinajstić information content (AvgIpc) is 2.41. The van der Waals surface area contributed by atoms with Gasteiger partial charge >= 0.3 is 0 Å². The van der Waals surface area contributed by atoms with Crippen LogP contribution in [0.3, 0.4) is 0 Å². The summed E-state index contributed by atoms with van der Waals surface area (Å²) in [7, 11) is 0. The molecule has 1 aromatic carbocycles. The third-order valence-electron chi connectivity index (χ3n) is 2.29. The molecule has 20 heavy (non-hydrogen) atoms. The number of hydrogen-bond acceptors (Lipinski definition) is 6. The molecule has 0 unspecified atom stereocenters. The monoisotopic (exact) mass is 294 g/mol. The van der Waals surface area contributed by atoms with Crippen LogP contribution in [0.5, 0.6) is 5.75 Å². The minimum Gasteiger partial charge on any atom is -0.506 e. The van der Waals surface area contributed by atoms with Gasteiger partial charge in [-0.1, -0.05) is 11.6 Å². The number of phenolic OH excluding ortho intramolecular Hbond substituents is 1. The van der Waals surface area contributed by atoms with Gasteiger partial charge in [0.05, 0.1) is 23.0 Å². The van der Waals surface area contributed by atoms with Gasteiger partial charge in [-0.05, 0) is 6.07 Å². The fraction of sp³-hybridized carbons (Fsp3) is 0. The first kappa shape index (κ1) is 13.7. The smallest absolute Gasteiger partial charge is 0.275 e. The Kier molecular flexibility index (Phi) is 3.76. The van der Waals surface area contributed by atoms with Crippen LogP contribution in [0.2, 0.25) is 5.15 Å². The maximum atomic E-state index is 11.8. The first-order valence-electron chi connectivity index (χ1n) is 5.23. The van der Waals surface area contributed by atoms with E-state index >= 15 is 0 Å². The number of hydrogen-bond donors (Lipinski definition) is 2. The van der Waals surface area contributed by atoms with Crippen molar-refractivity contribution in [3.8, 4) is 5.75 Å². The molecule has 102 valence electrons. The largest absolute Gasteiger partial charge is 0.506 e. The summed E-state index contributed by atoms with van der Waals surface area (Å²) in [4.78, 5) is 29.2. The Morgan fingerprint density at radius 1 is 1.35 bits per heavy atom. The second-order valence-electron chi connectivity index (χ2n) is 3.64. The number of anilines is 1. The summed E-state index contributed by atoms with van der Waals surface area (Å²) in [5.74, 6) is -0.976. The third-order valence-corrected chi connectivity index (χ3v) is 2.49. The molecule has 0 fully saturated rings. The number of carbonyl (C=O) groups excluding carboxylic acids is 1. The lowest BCUT2D eigenvalue weighted by Gasteiger charge is -2.06. The van der Waals surface area contributed by atoms with Crippen LogP contribution in [0.1, 0.15) is 10.5 Å². The van der Waals surface area contributed by atoms with Gasteiger partial charge in [-0.15, -0.1) is 0 Å². The molecule has 0 radical (unpaired) electrons. The lowest BCUT2D eigenvalue weighted by molar-refractivity contribution is -0.384. The number of halogens is 1. The molecule has 2 aromatic rings. The number of phenols is 1. The molecule has 0 atom stereocenters. The third kappa shape index (κ3) is 2.98. The van der Waals surface area contributed by atoms with E-state index in [9.17, 15) is 20.0 Å². The van der Waals surface area contributed by atoms with E-state index in [0.29, 0.717) is 0 Å². The molecule has 1 amide bonds. The van der Waals surface area contributed by atoms with Gasteiger partial charge in [0.25, 0.3) is 11.6 Å². The molecule has 1 aromatic heterocycles. The molecule has 0 aliphatic carbocycles. The molecule has 2 rings (SSSR count). The van der Waals surface area contributed by atoms with Crippen molar-refractivity contribution in [2.24, 2.45) is 0 Å². The number of aromatic nitrogens is 2. The van der Waals surface area contributed by atoms with Crippen molar-refractivity contribution in [1.29, 1.82) is 0 Å². The predicted molar refractivity (Wildman–Crippen MR) is 69.8 cm³/mol. The van der Waals surface area contributed by atoms with Crippen molar-refractivity contribution in [3.05, 3.63) is 51.6 Å². The summed E-state index contributed by atoms with van der Waals surface area (Å²) >= 11 is 5.54. The molecule has 0 spiro atoms. The molecule has 0 bridgehead atoms. The molecule has 0 saturated heterocycles. The van der Waals surface area contributed by atoms with Crippen LogP contribution < -0.4 is 5.32 Å². The highest BCUT2D eigenvalue weighted by Crippen LogP contribution is 2.28. The fourth-order valence-electron chi connectivity index (χ4n) is 1.35. The van der Waals surface area contributed by atoms with Gasteiger partial charge in [0, 0.05) is 12.1 Å². The van der Waals surface area contributed by atoms with Crippen LogP contribution in [-0.2, 0) is 0 Å². The second kappa shape index (κ2) is 5.49. The van der Waals surface area contributed by atoms with Crippen molar-refractivity contribution in [3.63, 3.8) is 0 Å². The van der Waals surface area contributed by atoms with Gasteiger partial charge in [-0.2, -0.15) is 0 Å². The molecule has 1 heterocycles. The number of amides is 1. The Morgan fingerprint density at radius 2 is 2.10 bits per heavy atom. The highest BCUT2D eigenvalue weighted by molar-refractivity contribution is 6.29. The molecule has 9 heteroatoms. The molecule has 0 saturated carbocycles. The zero-order valence-corrected chi connectivity index (χ0v) is 10.5. The van der Waals surface area contributed by atoms with E-state index in [2.05, 4.69) is 15.3 Å². The van der Waals surface area contributed by atoms with E-state index in [1.54, 1.807) is 0 Å².